The summed E-state index contributed by atoms with van der Waals surface area (Å²) < 4.78 is 18.0. The average Bonchev–Trinajstić information content (AvgIpc) is 2.37. The Kier molecular flexibility index (Phi) is 7.91. The van der Waals surface area contributed by atoms with Gasteiger partial charge < -0.3 is 20.1 Å². The van der Waals surface area contributed by atoms with Gasteiger partial charge in [-0.15, -0.1) is 0 Å². The molecule has 0 aliphatic heterocycles. The first-order chi connectivity index (χ1) is 8.08. The second-order valence-electron chi connectivity index (χ2n) is 3.23. The molecule has 0 radical (unpaired) electrons. The Balaban J connectivity index is 4.34. The van der Waals surface area contributed by atoms with Crippen LogP contribution >= 0.6 is 0 Å². The fourth-order valence-corrected chi connectivity index (χ4v) is 1.05. The van der Waals surface area contributed by atoms with Gasteiger partial charge in [-0.2, -0.15) is 4.39 Å². The maximum absolute atomic E-state index is 13.1. The number of hydrogen-bond donors (Lipinski definition) is 2. The van der Waals surface area contributed by atoms with Gasteiger partial charge in [0.25, 0.3) is 5.91 Å². The van der Waals surface area contributed by atoms with Crippen LogP contribution in [0.5, 0.6) is 0 Å². The normalized spacial score (nSPS) is 13.1. The van der Waals surface area contributed by atoms with Gasteiger partial charge in [0, 0.05) is 26.9 Å². The monoisotopic (exact) mass is 248 g/mol. The van der Waals surface area contributed by atoms with E-state index in [2.05, 4.69) is 5.32 Å². The molecule has 0 spiro atoms. The van der Waals surface area contributed by atoms with Crippen molar-refractivity contribution in [2.24, 2.45) is 0 Å². The molecule has 0 saturated carbocycles. The lowest BCUT2D eigenvalue weighted by Crippen LogP contribution is -2.26. The van der Waals surface area contributed by atoms with E-state index in [0.717, 1.165) is 11.1 Å². The van der Waals surface area contributed by atoms with Gasteiger partial charge in [-0.3, -0.25) is 9.59 Å². The van der Waals surface area contributed by atoms with Crippen molar-refractivity contribution in [3.05, 3.63) is 12.0 Å². The van der Waals surface area contributed by atoms with Crippen LogP contribution < -0.4 is 5.32 Å². The number of rotatable bonds is 8. The lowest BCUT2D eigenvalue weighted by Gasteiger charge is -2.16. The fourth-order valence-electron chi connectivity index (χ4n) is 1.05. The van der Waals surface area contributed by atoms with Gasteiger partial charge in [0.15, 0.2) is 0 Å². The first kappa shape index (κ1) is 15.5. The van der Waals surface area contributed by atoms with Crippen LogP contribution in [-0.2, 0) is 14.3 Å². The molecule has 98 valence electrons. The van der Waals surface area contributed by atoms with Crippen LogP contribution in [-0.4, -0.2) is 55.7 Å². The van der Waals surface area contributed by atoms with Crippen molar-refractivity contribution in [3.8, 4) is 0 Å². The molecule has 17 heavy (non-hydrogen) atoms. The van der Waals surface area contributed by atoms with E-state index in [1.807, 2.05) is 0 Å². The molecular weight excluding hydrogens is 231 g/mol. The van der Waals surface area contributed by atoms with E-state index in [4.69, 9.17) is 9.84 Å². The van der Waals surface area contributed by atoms with Gasteiger partial charge in [0.2, 0.25) is 12.2 Å². The Hall–Kier alpha value is -1.47. The quantitative estimate of drug-likeness (QED) is 0.444. The molecule has 0 heterocycles. The second-order valence-corrected chi connectivity index (χ2v) is 3.23. The molecule has 0 rings (SSSR count). The number of methoxy groups -OCH3 is 1. The SMILES string of the molecule is CNC(=O)/C(F)=C\N(C=O)CCC(CO)OC. The number of nitrogens with zero attached hydrogens (tertiary/aromatic N) is 1. The highest BCUT2D eigenvalue weighted by Gasteiger charge is 2.11. The van der Waals surface area contributed by atoms with Crippen LogP contribution in [0.15, 0.2) is 12.0 Å². The minimum atomic E-state index is -1.06. The zero-order valence-electron chi connectivity index (χ0n) is 9.85. The van der Waals surface area contributed by atoms with Crippen LogP contribution in [0, 0.1) is 0 Å². The van der Waals surface area contributed by atoms with Gasteiger partial charge >= 0.3 is 0 Å². The number of ether oxygens (including phenoxy) is 1. The van der Waals surface area contributed by atoms with E-state index in [9.17, 15) is 14.0 Å². The maximum atomic E-state index is 13.1. The van der Waals surface area contributed by atoms with E-state index in [1.165, 1.54) is 14.2 Å². The Morgan fingerprint density at radius 2 is 2.29 bits per heavy atom. The summed E-state index contributed by atoms with van der Waals surface area (Å²) in [5, 5.41) is 10.9. The second kappa shape index (κ2) is 8.66. The maximum Gasteiger partial charge on any atom is 0.281 e. The van der Waals surface area contributed by atoms with Crippen molar-refractivity contribution in [1.29, 1.82) is 0 Å². The smallest absolute Gasteiger partial charge is 0.281 e. The Labute approximate surface area is 99.0 Å². The molecule has 0 bridgehead atoms. The molecule has 0 aliphatic rings. The molecule has 0 aromatic carbocycles. The molecule has 0 aromatic rings. The standard InChI is InChI=1S/C10H17FN2O4/c1-12-10(16)9(11)5-13(7-15)4-3-8(6-14)17-2/h5,7-8,14H,3-4,6H2,1-2H3,(H,12,16)/b9-5+. The van der Waals surface area contributed by atoms with Gasteiger partial charge in [0.1, 0.15) is 0 Å². The van der Waals surface area contributed by atoms with Crippen molar-refractivity contribution < 1.29 is 23.8 Å². The molecule has 7 heteroatoms. The minimum Gasteiger partial charge on any atom is -0.394 e. The Bertz CT molecular complexity index is 279. The third kappa shape index (κ3) is 5.98. The van der Waals surface area contributed by atoms with E-state index >= 15 is 0 Å². The first-order valence-corrected chi connectivity index (χ1v) is 5.03. The molecule has 0 fully saturated rings. The largest absolute Gasteiger partial charge is 0.394 e. The summed E-state index contributed by atoms with van der Waals surface area (Å²) in [7, 11) is 2.71. The van der Waals surface area contributed by atoms with Crippen molar-refractivity contribution in [3.63, 3.8) is 0 Å². The van der Waals surface area contributed by atoms with Crippen molar-refractivity contribution in [2.75, 3.05) is 27.3 Å². The number of aliphatic hydroxyl groups is 1. The topological polar surface area (TPSA) is 78.9 Å². The number of carbonyl (C=O) groups excluding carboxylic acids is 2. The Morgan fingerprint density at radius 3 is 2.71 bits per heavy atom. The number of nitrogens with one attached hydrogen (secondary N) is 1. The molecule has 1 unspecified atom stereocenters. The van der Waals surface area contributed by atoms with Crippen molar-refractivity contribution in [2.45, 2.75) is 12.5 Å². The number of likely N-dealkylation sites (N-methyl/N-ethyl adjacent to an activating group) is 1. The highest BCUT2D eigenvalue weighted by molar-refractivity contribution is 5.90. The van der Waals surface area contributed by atoms with Crippen molar-refractivity contribution >= 4 is 12.3 Å². The van der Waals surface area contributed by atoms with Gasteiger partial charge in [0.05, 0.1) is 12.7 Å². The minimum absolute atomic E-state index is 0.146. The third-order valence-electron chi connectivity index (χ3n) is 2.10. The molecule has 6 nitrogen and oxygen atoms in total. The van der Waals surface area contributed by atoms with Crippen LogP contribution in [0.25, 0.3) is 0 Å². The van der Waals surface area contributed by atoms with Gasteiger partial charge in [-0.25, -0.2) is 0 Å². The molecular formula is C10H17FN2O4. The zero-order chi connectivity index (χ0) is 13.3. The zero-order valence-corrected chi connectivity index (χ0v) is 9.85. The molecule has 0 aromatic heterocycles. The summed E-state index contributed by atoms with van der Waals surface area (Å²) in [6.45, 7) is -0.0438. The van der Waals surface area contributed by atoms with E-state index < -0.39 is 17.8 Å². The first-order valence-electron chi connectivity index (χ1n) is 5.03. The van der Waals surface area contributed by atoms with Crippen LogP contribution in [0.1, 0.15) is 6.42 Å². The van der Waals surface area contributed by atoms with E-state index in [1.54, 1.807) is 0 Å². The lowest BCUT2D eigenvalue weighted by molar-refractivity contribution is -0.118. The predicted octanol–water partition coefficient (Wildman–Crippen LogP) is -0.601. The molecule has 2 amide bonds. The average molecular weight is 248 g/mol. The third-order valence-corrected chi connectivity index (χ3v) is 2.10. The number of amides is 2. The van der Waals surface area contributed by atoms with Gasteiger partial charge in [-0.1, -0.05) is 0 Å². The van der Waals surface area contributed by atoms with E-state index in [0.29, 0.717) is 12.8 Å². The summed E-state index contributed by atoms with van der Waals surface area (Å²) in [5.41, 5.74) is 0. The van der Waals surface area contributed by atoms with Crippen LogP contribution in [0.2, 0.25) is 0 Å². The number of carbonyl (C=O) groups is 2. The summed E-state index contributed by atoms with van der Waals surface area (Å²) in [6.07, 6.45) is 1.11. The van der Waals surface area contributed by atoms with E-state index in [-0.39, 0.29) is 13.2 Å². The lowest BCUT2D eigenvalue weighted by atomic mass is 10.2. The summed E-state index contributed by atoms with van der Waals surface area (Å²) in [6, 6.07) is 0. The molecule has 0 saturated heterocycles. The fraction of sp³-hybridized carbons (Fsp3) is 0.600. The summed E-state index contributed by atoms with van der Waals surface area (Å²) in [4.78, 5) is 22.5. The summed E-state index contributed by atoms with van der Waals surface area (Å²) in [5.74, 6) is -1.96. The van der Waals surface area contributed by atoms with Crippen LogP contribution in [0.3, 0.4) is 0 Å². The highest BCUT2D eigenvalue weighted by atomic mass is 19.1. The summed E-state index contributed by atoms with van der Waals surface area (Å²) >= 11 is 0. The molecule has 2 N–H and O–H groups in total. The number of aliphatic hydroxyl groups excluding tert-OH is 1. The Morgan fingerprint density at radius 1 is 1.65 bits per heavy atom. The molecule has 1 atom stereocenters. The van der Waals surface area contributed by atoms with Crippen LogP contribution in [0.4, 0.5) is 4.39 Å². The highest BCUT2D eigenvalue weighted by Crippen LogP contribution is 2.02. The molecule has 0 aliphatic carbocycles. The number of halogens is 1. The van der Waals surface area contributed by atoms with Gasteiger partial charge in [-0.05, 0) is 6.42 Å². The van der Waals surface area contributed by atoms with Crippen molar-refractivity contribution in [1.82, 2.24) is 10.2 Å². The number of hydrogen-bond acceptors (Lipinski definition) is 4. The predicted molar refractivity (Wildman–Crippen MR) is 58.5 cm³/mol.